The van der Waals surface area contributed by atoms with Gasteiger partial charge in [-0.25, -0.2) is 4.79 Å². The van der Waals surface area contributed by atoms with Gasteiger partial charge in [0.05, 0.1) is 6.54 Å². The van der Waals surface area contributed by atoms with E-state index < -0.39 is 11.6 Å². The number of hydrazine groups is 1. The molecule has 4 amide bonds. The molecule has 2 aliphatic carbocycles. The Morgan fingerprint density at radius 2 is 2.07 bits per heavy atom. The first kappa shape index (κ1) is 18.4. The van der Waals surface area contributed by atoms with E-state index in [9.17, 15) is 14.4 Å². The Balaban J connectivity index is 1.37. The van der Waals surface area contributed by atoms with E-state index in [2.05, 4.69) is 34.0 Å². The molecule has 7 nitrogen and oxygen atoms in total. The van der Waals surface area contributed by atoms with Gasteiger partial charge in [0.15, 0.2) is 0 Å². The van der Waals surface area contributed by atoms with Crippen LogP contribution in [0.5, 0.6) is 0 Å². The normalized spacial score (nSPS) is 28.1. The predicted octanol–water partition coefficient (Wildman–Crippen LogP) is 2.24. The lowest BCUT2D eigenvalue weighted by Gasteiger charge is -2.33. The van der Waals surface area contributed by atoms with Crippen LogP contribution in [-0.2, 0) is 16.1 Å². The van der Waals surface area contributed by atoms with Gasteiger partial charge in [0, 0.05) is 12.6 Å². The fourth-order valence-electron chi connectivity index (χ4n) is 4.03. The molecule has 146 valence electrons. The number of hydrogen-bond acceptors (Lipinski definition) is 5. The SMILES string of the molecule is CC1CCC2(CC1)NC(=O)N(NC(=O)CN(Cc1ccsc1)C1CC1)C2=O. The topological polar surface area (TPSA) is 81.8 Å². The Kier molecular flexibility index (Phi) is 4.94. The number of urea groups is 1. The molecule has 8 heteroatoms. The fourth-order valence-corrected chi connectivity index (χ4v) is 4.69. The number of carbonyl (C=O) groups excluding carboxylic acids is 3. The Morgan fingerprint density at radius 1 is 1.33 bits per heavy atom. The van der Waals surface area contributed by atoms with Crippen molar-refractivity contribution in [3.05, 3.63) is 22.4 Å². The molecule has 0 bridgehead atoms. The molecule has 3 fully saturated rings. The predicted molar refractivity (Wildman–Crippen MR) is 102 cm³/mol. The lowest BCUT2D eigenvalue weighted by molar-refractivity contribution is -0.140. The monoisotopic (exact) mass is 390 g/mol. The van der Waals surface area contributed by atoms with Crippen molar-refractivity contribution in [1.82, 2.24) is 20.7 Å². The highest BCUT2D eigenvalue weighted by Crippen LogP contribution is 2.35. The second kappa shape index (κ2) is 7.24. The van der Waals surface area contributed by atoms with Crippen LogP contribution < -0.4 is 10.7 Å². The van der Waals surface area contributed by atoms with Gasteiger partial charge in [-0.05, 0) is 66.8 Å². The van der Waals surface area contributed by atoms with Crippen molar-refractivity contribution >= 4 is 29.2 Å². The smallest absolute Gasteiger partial charge is 0.322 e. The van der Waals surface area contributed by atoms with Crippen molar-refractivity contribution in [2.45, 2.75) is 63.6 Å². The molecule has 1 aromatic heterocycles. The zero-order valence-electron chi connectivity index (χ0n) is 15.6. The first-order valence-electron chi connectivity index (χ1n) is 9.68. The van der Waals surface area contributed by atoms with Gasteiger partial charge in [-0.3, -0.25) is 19.9 Å². The van der Waals surface area contributed by atoms with Crippen LogP contribution in [-0.4, -0.2) is 45.9 Å². The van der Waals surface area contributed by atoms with Crippen molar-refractivity contribution in [2.24, 2.45) is 5.92 Å². The molecule has 1 aromatic rings. The van der Waals surface area contributed by atoms with Crippen molar-refractivity contribution in [1.29, 1.82) is 0 Å². The molecular formula is C19H26N4O3S. The van der Waals surface area contributed by atoms with Gasteiger partial charge >= 0.3 is 6.03 Å². The average molecular weight is 391 g/mol. The summed E-state index contributed by atoms with van der Waals surface area (Å²) in [7, 11) is 0. The number of carbonyl (C=O) groups is 3. The van der Waals surface area contributed by atoms with E-state index in [0.717, 1.165) is 30.7 Å². The number of imide groups is 1. The van der Waals surface area contributed by atoms with Crippen LogP contribution in [0.1, 0.15) is 51.0 Å². The number of amides is 4. The summed E-state index contributed by atoms with van der Waals surface area (Å²) in [6.45, 7) is 3.05. The molecular weight excluding hydrogens is 364 g/mol. The quantitative estimate of drug-likeness (QED) is 0.730. The maximum atomic E-state index is 12.8. The van der Waals surface area contributed by atoms with Gasteiger partial charge < -0.3 is 5.32 Å². The molecule has 0 aromatic carbocycles. The van der Waals surface area contributed by atoms with Gasteiger partial charge in [0.2, 0.25) is 0 Å². The maximum Gasteiger partial charge on any atom is 0.344 e. The van der Waals surface area contributed by atoms with Gasteiger partial charge in [-0.1, -0.05) is 6.92 Å². The Bertz CT molecular complexity index is 723. The van der Waals surface area contributed by atoms with Crippen LogP contribution >= 0.6 is 11.3 Å². The Hall–Kier alpha value is -1.93. The molecule has 1 aliphatic heterocycles. The minimum atomic E-state index is -0.830. The summed E-state index contributed by atoms with van der Waals surface area (Å²) < 4.78 is 0. The molecule has 2 N–H and O–H groups in total. The fraction of sp³-hybridized carbons (Fsp3) is 0.632. The van der Waals surface area contributed by atoms with Gasteiger partial charge in [-0.2, -0.15) is 16.3 Å². The first-order valence-corrected chi connectivity index (χ1v) is 10.6. The summed E-state index contributed by atoms with van der Waals surface area (Å²) in [4.78, 5) is 39.8. The summed E-state index contributed by atoms with van der Waals surface area (Å²) in [5, 5.41) is 7.83. The van der Waals surface area contributed by atoms with E-state index in [1.54, 1.807) is 11.3 Å². The van der Waals surface area contributed by atoms with E-state index in [0.29, 0.717) is 31.3 Å². The summed E-state index contributed by atoms with van der Waals surface area (Å²) in [6, 6.07) is 1.95. The summed E-state index contributed by atoms with van der Waals surface area (Å²) in [5.41, 5.74) is 2.90. The number of hydrogen-bond donors (Lipinski definition) is 2. The van der Waals surface area contributed by atoms with E-state index >= 15 is 0 Å². The lowest BCUT2D eigenvalue weighted by Crippen LogP contribution is -2.53. The van der Waals surface area contributed by atoms with Gasteiger partial charge in [0.1, 0.15) is 5.54 Å². The van der Waals surface area contributed by atoms with Crippen LogP contribution in [0.3, 0.4) is 0 Å². The highest BCUT2D eigenvalue weighted by atomic mass is 32.1. The standard InChI is InChI=1S/C19H26N4O3S/c1-13-4-7-19(8-5-13)17(25)23(18(26)20-19)21-16(24)11-22(15-2-3-15)10-14-6-9-27-12-14/h6,9,12-13,15H,2-5,7-8,10-11H2,1H3,(H,20,26)(H,21,24). The molecule has 27 heavy (non-hydrogen) atoms. The molecule has 1 spiro atoms. The van der Waals surface area contributed by atoms with Crippen molar-refractivity contribution in [3.63, 3.8) is 0 Å². The highest BCUT2D eigenvalue weighted by Gasteiger charge is 2.53. The van der Waals surface area contributed by atoms with E-state index in [4.69, 9.17) is 0 Å². The largest absolute Gasteiger partial charge is 0.344 e. The molecule has 0 atom stereocenters. The third-order valence-electron chi connectivity index (χ3n) is 5.90. The molecule has 1 saturated heterocycles. The number of nitrogens with zero attached hydrogens (tertiary/aromatic N) is 2. The molecule has 2 heterocycles. The van der Waals surface area contributed by atoms with Crippen LogP contribution in [0.4, 0.5) is 4.79 Å². The summed E-state index contributed by atoms with van der Waals surface area (Å²) >= 11 is 1.64. The highest BCUT2D eigenvalue weighted by molar-refractivity contribution is 7.07. The van der Waals surface area contributed by atoms with E-state index in [1.807, 2.05) is 5.38 Å². The van der Waals surface area contributed by atoms with Crippen LogP contribution in [0, 0.1) is 5.92 Å². The molecule has 4 rings (SSSR count). The second-order valence-electron chi connectivity index (χ2n) is 8.14. The van der Waals surface area contributed by atoms with E-state index in [1.165, 1.54) is 5.56 Å². The third-order valence-corrected chi connectivity index (χ3v) is 6.63. The number of thiophene rings is 1. The minimum Gasteiger partial charge on any atom is -0.322 e. The number of rotatable bonds is 6. The molecule has 0 unspecified atom stereocenters. The van der Waals surface area contributed by atoms with E-state index in [-0.39, 0.29) is 18.4 Å². The second-order valence-corrected chi connectivity index (χ2v) is 8.92. The first-order chi connectivity index (χ1) is 13.0. The number of nitrogens with one attached hydrogen (secondary N) is 2. The summed E-state index contributed by atoms with van der Waals surface area (Å²) in [6.07, 6.45) is 5.26. The van der Waals surface area contributed by atoms with Crippen LogP contribution in [0.25, 0.3) is 0 Å². The van der Waals surface area contributed by atoms with Crippen LogP contribution in [0.2, 0.25) is 0 Å². The van der Waals surface area contributed by atoms with Gasteiger partial charge in [-0.15, -0.1) is 0 Å². The molecule has 0 radical (unpaired) electrons. The van der Waals surface area contributed by atoms with Crippen molar-refractivity contribution < 1.29 is 14.4 Å². The van der Waals surface area contributed by atoms with Crippen molar-refractivity contribution in [3.8, 4) is 0 Å². The van der Waals surface area contributed by atoms with Gasteiger partial charge in [0.25, 0.3) is 11.8 Å². The van der Waals surface area contributed by atoms with Crippen LogP contribution in [0.15, 0.2) is 16.8 Å². The molecule has 3 aliphatic rings. The Morgan fingerprint density at radius 3 is 2.70 bits per heavy atom. The third kappa shape index (κ3) is 3.87. The summed E-state index contributed by atoms with van der Waals surface area (Å²) in [5.74, 6) is -0.0708. The maximum absolute atomic E-state index is 12.8. The zero-order valence-corrected chi connectivity index (χ0v) is 16.4. The zero-order chi connectivity index (χ0) is 19.0. The average Bonchev–Trinajstić information content (AvgIpc) is 3.32. The Labute approximate surface area is 163 Å². The lowest BCUT2D eigenvalue weighted by atomic mass is 9.77. The minimum absolute atomic E-state index is 0.182. The van der Waals surface area contributed by atoms with Crippen molar-refractivity contribution in [2.75, 3.05) is 6.54 Å². The molecule has 2 saturated carbocycles.